The summed E-state index contributed by atoms with van der Waals surface area (Å²) in [5.74, 6) is -0.479. The third kappa shape index (κ3) is 6.64. The van der Waals surface area contributed by atoms with Crippen LogP contribution in [0, 0.1) is 12.8 Å². The van der Waals surface area contributed by atoms with E-state index in [0.717, 1.165) is 44.0 Å². The highest BCUT2D eigenvalue weighted by atomic mass is 16.2. The van der Waals surface area contributed by atoms with Crippen LogP contribution in [0.25, 0.3) is 0 Å². The van der Waals surface area contributed by atoms with Gasteiger partial charge in [-0.15, -0.1) is 0 Å². The number of aryl methyl sites for hydroxylation is 1. The summed E-state index contributed by atoms with van der Waals surface area (Å²) in [6.07, 6.45) is 0. The van der Waals surface area contributed by atoms with Gasteiger partial charge in [-0.1, -0.05) is 43.7 Å². The normalized spacial score (nSPS) is 16.2. The Morgan fingerprint density at radius 2 is 1.68 bits per heavy atom. The quantitative estimate of drug-likeness (QED) is 0.720. The Morgan fingerprint density at radius 1 is 1.00 bits per heavy atom. The molecule has 31 heavy (non-hydrogen) atoms. The standard InChI is InChI=1S/C25H34N4O2/c1-18(2)23(27-24(30)21-10-8-19(3)9-11-21)25(31)26-22-7-5-6-20(16-22)17-29-14-12-28(4)13-15-29/h5-11,16,18,23H,12-15,17H2,1-4H3,(H,26,31)(H,27,30). The molecule has 166 valence electrons. The zero-order valence-corrected chi connectivity index (χ0v) is 19.0. The van der Waals surface area contributed by atoms with Crippen LogP contribution in [0.5, 0.6) is 0 Å². The van der Waals surface area contributed by atoms with Gasteiger partial charge in [-0.25, -0.2) is 0 Å². The smallest absolute Gasteiger partial charge is 0.251 e. The molecule has 0 radical (unpaired) electrons. The summed E-state index contributed by atoms with van der Waals surface area (Å²) in [4.78, 5) is 30.4. The number of benzene rings is 2. The highest BCUT2D eigenvalue weighted by molar-refractivity contribution is 6.01. The second-order valence-corrected chi connectivity index (χ2v) is 8.83. The van der Waals surface area contributed by atoms with E-state index < -0.39 is 6.04 Å². The van der Waals surface area contributed by atoms with Crippen LogP contribution < -0.4 is 10.6 Å². The van der Waals surface area contributed by atoms with Crippen molar-refractivity contribution in [2.45, 2.75) is 33.4 Å². The molecule has 6 heteroatoms. The maximum Gasteiger partial charge on any atom is 0.251 e. The molecule has 1 aliphatic rings. The van der Waals surface area contributed by atoms with Crippen molar-refractivity contribution in [2.75, 3.05) is 38.5 Å². The van der Waals surface area contributed by atoms with Crippen molar-refractivity contribution in [3.8, 4) is 0 Å². The number of rotatable bonds is 7. The van der Waals surface area contributed by atoms with E-state index in [2.05, 4.69) is 33.5 Å². The minimum Gasteiger partial charge on any atom is -0.340 e. The highest BCUT2D eigenvalue weighted by Crippen LogP contribution is 2.16. The maximum absolute atomic E-state index is 13.0. The molecular formula is C25H34N4O2. The number of carbonyl (C=O) groups excluding carboxylic acids is 2. The average Bonchev–Trinajstić information content (AvgIpc) is 2.74. The number of likely N-dealkylation sites (N-methyl/N-ethyl adjacent to an activating group) is 1. The number of nitrogens with zero attached hydrogens (tertiary/aromatic N) is 2. The molecule has 1 unspecified atom stereocenters. The Morgan fingerprint density at radius 3 is 2.32 bits per heavy atom. The lowest BCUT2D eigenvalue weighted by atomic mass is 10.0. The predicted molar refractivity (Wildman–Crippen MR) is 125 cm³/mol. The molecule has 0 bridgehead atoms. The topological polar surface area (TPSA) is 64.7 Å². The first kappa shape index (κ1) is 23.0. The molecule has 0 saturated carbocycles. The van der Waals surface area contributed by atoms with Gasteiger partial charge in [-0.3, -0.25) is 14.5 Å². The molecule has 6 nitrogen and oxygen atoms in total. The van der Waals surface area contributed by atoms with Crippen LogP contribution in [0.2, 0.25) is 0 Å². The fourth-order valence-electron chi connectivity index (χ4n) is 3.70. The molecule has 2 N–H and O–H groups in total. The van der Waals surface area contributed by atoms with E-state index >= 15 is 0 Å². The van der Waals surface area contributed by atoms with E-state index in [1.54, 1.807) is 12.1 Å². The second-order valence-electron chi connectivity index (χ2n) is 8.83. The molecule has 1 fully saturated rings. The molecular weight excluding hydrogens is 388 g/mol. The van der Waals surface area contributed by atoms with Crippen LogP contribution in [0.15, 0.2) is 48.5 Å². The van der Waals surface area contributed by atoms with Crippen molar-refractivity contribution in [2.24, 2.45) is 5.92 Å². The molecule has 2 aromatic carbocycles. The summed E-state index contributed by atoms with van der Waals surface area (Å²) in [6.45, 7) is 11.0. The average molecular weight is 423 g/mol. The zero-order chi connectivity index (χ0) is 22.4. The van der Waals surface area contributed by atoms with Gasteiger partial charge in [0.2, 0.25) is 5.91 Å². The van der Waals surface area contributed by atoms with Gasteiger partial charge in [0.25, 0.3) is 5.91 Å². The number of nitrogens with one attached hydrogen (secondary N) is 2. The monoisotopic (exact) mass is 422 g/mol. The van der Waals surface area contributed by atoms with Crippen LogP contribution in [0.4, 0.5) is 5.69 Å². The largest absolute Gasteiger partial charge is 0.340 e. The van der Waals surface area contributed by atoms with Crippen LogP contribution in [-0.2, 0) is 11.3 Å². The number of anilines is 1. The van der Waals surface area contributed by atoms with Gasteiger partial charge < -0.3 is 15.5 Å². The highest BCUT2D eigenvalue weighted by Gasteiger charge is 2.25. The Hall–Kier alpha value is -2.70. The van der Waals surface area contributed by atoms with Gasteiger partial charge >= 0.3 is 0 Å². The summed E-state index contributed by atoms with van der Waals surface area (Å²) < 4.78 is 0. The van der Waals surface area contributed by atoms with Crippen LogP contribution in [-0.4, -0.2) is 60.9 Å². The summed E-state index contributed by atoms with van der Waals surface area (Å²) in [5, 5.41) is 5.89. The van der Waals surface area contributed by atoms with Crippen molar-refractivity contribution in [3.05, 3.63) is 65.2 Å². The van der Waals surface area contributed by atoms with Gasteiger partial charge in [0.1, 0.15) is 6.04 Å². The number of piperazine rings is 1. The van der Waals surface area contributed by atoms with Gasteiger partial charge in [-0.05, 0) is 49.7 Å². The third-order valence-electron chi connectivity index (χ3n) is 5.75. The van der Waals surface area contributed by atoms with Crippen LogP contribution in [0.1, 0.15) is 35.3 Å². The first-order valence-electron chi connectivity index (χ1n) is 11.0. The number of carbonyl (C=O) groups is 2. The summed E-state index contributed by atoms with van der Waals surface area (Å²) in [6, 6.07) is 14.7. The summed E-state index contributed by atoms with van der Waals surface area (Å²) in [5.41, 5.74) is 3.57. The van der Waals surface area contributed by atoms with Crippen molar-refractivity contribution >= 4 is 17.5 Å². The van der Waals surface area contributed by atoms with Crippen molar-refractivity contribution in [1.29, 1.82) is 0 Å². The fraction of sp³-hybridized carbons (Fsp3) is 0.440. The fourth-order valence-corrected chi connectivity index (χ4v) is 3.70. The van der Waals surface area contributed by atoms with E-state index in [1.165, 1.54) is 5.56 Å². The van der Waals surface area contributed by atoms with E-state index in [1.807, 2.05) is 51.1 Å². The van der Waals surface area contributed by atoms with Gasteiger partial charge in [0.05, 0.1) is 0 Å². The predicted octanol–water partition coefficient (Wildman–Crippen LogP) is 3.14. The molecule has 0 aliphatic carbocycles. The first-order valence-corrected chi connectivity index (χ1v) is 11.0. The van der Waals surface area contributed by atoms with Crippen molar-refractivity contribution < 1.29 is 9.59 Å². The Balaban J connectivity index is 1.62. The first-order chi connectivity index (χ1) is 14.8. The van der Waals surface area contributed by atoms with E-state index in [-0.39, 0.29) is 17.7 Å². The Kier molecular flexibility index (Phi) is 7.82. The Bertz CT molecular complexity index is 887. The number of hydrogen-bond acceptors (Lipinski definition) is 4. The van der Waals surface area contributed by atoms with Gasteiger partial charge in [-0.2, -0.15) is 0 Å². The van der Waals surface area contributed by atoms with Crippen LogP contribution >= 0.6 is 0 Å². The second kappa shape index (κ2) is 10.6. The number of hydrogen-bond donors (Lipinski definition) is 2. The van der Waals surface area contributed by atoms with E-state index in [0.29, 0.717) is 5.56 Å². The lowest BCUT2D eigenvalue weighted by Gasteiger charge is -2.32. The van der Waals surface area contributed by atoms with Gasteiger partial charge in [0, 0.05) is 44.0 Å². The maximum atomic E-state index is 13.0. The molecule has 2 aromatic rings. The van der Waals surface area contributed by atoms with Crippen molar-refractivity contribution in [1.82, 2.24) is 15.1 Å². The lowest BCUT2D eigenvalue weighted by Crippen LogP contribution is -2.47. The zero-order valence-electron chi connectivity index (χ0n) is 19.0. The molecule has 3 rings (SSSR count). The summed E-state index contributed by atoms with van der Waals surface area (Å²) >= 11 is 0. The molecule has 0 spiro atoms. The van der Waals surface area contributed by atoms with Crippen molar-refractivity contribution in [3.63, 3.8) is 0 Å². The minimum absolute atomic E-state index is 0.0390. The summed E-state index contributed by atoms with van der Waals surface area (Å²) in [7, 11) is 2.15. The van der Waals surface area contributed by atoms with E-state index in [9.17, 15) is 9.59 Å². The third-order valence-corrected chi connectivity index (χ3v) is 5.75. The van der Waals surface area contributed by atoms with Crippen LogP contribution in [0.3, 0.4) is 0 Å². The molecule has 1 atom stereocenters. The van der Waals surface area contributed by atoms with E-state index in [4.69, 9.17) is 0 Å². The lowest BCUT2D eigenvalue weighted by molar-refractivity contribution is -0.118. The molecule has 1 heterocycles. The number of amides is 2. The molecule has 1 aliphatic heterocycles. The minimum atomic E-state index is -0.616. The SMILES string of the molecule is Cc1ccc(C(=O)NC(C(=O)Nc2cccc(CN3CCN(C)CC3)c2)C(C)C)cc1. The molecule has 0 aromatic heterocycles. The molecule has 2 amide bonds. The molecule has 1 saturated heterocycles. The van der Waals surface area contributed by atoms with Gasteiger partial charge in [0.15, 0.2) is 0 Å². The Labute approximate surface area is 185 Å².